The van der Waals surface area contributed by atoms with Gasteiger partial charge in [0.1, 0.15) is 11.6 Å². The van der Waals surface area contributed by atoms with Crippen molar-refractivity contribution >= 4 is 23.1 Å². The summed E-state index contributed by atoms with van der Waals surface area (Å²) in [6, 6.07) is 0. The molecule has 1 unspecified atom stereocenters. The highest BCUT2D eigenvalue weighted by molar-refractivity contribution is 8.00. The molecule has 0 aliphatic heterocycles. The van der Waals surface area contributed by atoms with Crippen LogP contribution in [-0.2, 0) is 10.5 Å². The fourth-order valence-corrected chi connectivity index (χ4v) is 2.49. The Bertz CT molecular complexity index is 446. The zero-order valence-electron chi connectivity index (χ0n) is 9.49. The minimum atomic E-state index is -0.135. The highest BCUT2D eigenvalue weighted by Gasteiger charge is 2.14. The van der Waals surface area contributed by atoms with Gasteiger partial charge in [-0.25, -0.2) is 0 Å². The van der Waals surface area contributed by atoms with E-state index in [1.165, 1.54) is 23.1 Å². The van der Waals surface area contributed by atoms with Crippen LogP contribution in [0.15, 0.2) is 14.4 Å². The summed E-state index contributed by atoms with van der Waals surface area (Å²) in [5.41, 5.74) is 1.69. The molecule has 0 radical (unpaired) electrons. The van der Waals surface area contributed by atoms with E-state index in [0.29, 0.717) is 24.1 Å². The fourth-order valence-electron chi connectivity index (χ4n) is 1.17. The number of aromatic nitrogens is 4. The topological polar surface area (TPSA) is 73.9 Å². The monoisotopic (exact) mass is 272 g/mol. The zero-order chi connectivity index (χ0) is 12.1. The van der Waals surface area contributed by atoms with Crippen LogP contribution in [0.4, 0.5) is 0 Å². The quantitative estimate of drug-likeness (QED) is 0.747. The molecule has 2 rings (SSSR count). The zero-order valence-corrected chi connectivity index (χ0v) is 11.1. The van der Waals surface area contributed by atoms with Gasteiger partial charge in [0.25, 0.3) is 0 Å². The predicted octanol–water partition coefficient (Wildman–Crippen LogP) is 2.31. The number of rotatable bonds is 6. The summed E-state index contributed by atoms with van der Waals surface area (Å²) in [4.78, 5) is 4.26. The molecule has 2 aromatic rings. The number of thioether (sulfide) groups is 1. The lowest BCUT2D eigenvalue weighted by Gasteiger charge is -2.04. The van der Waals surface area contributed by atoms with Crippen molar-refractivity contribution in [2.45, 2.75) is 30.0 Å². The predicted molar refractivity (Wildman–Crippen MR) is 63.8 cm³/mol. The molecule has 0 saturated heterocycles. The van der Waals surface area contributed by atoms with Gasteiger partial charge in [-0.3, -0.25) is 0 Å². The van der Waals surface area contributed by atoms with Gasteiger partial charge in [0.2, 0.25) is 5.89 Å². The Morgan fingerprint density at radius 3 is 3.18 bits per heavy atom. The molecule has 2 aromatic heterocycles. The van der Waals surface area contributed by atoms with Gasteiger partial charge < -0.3 is 9.26 Å². The number of hydrogen-bond donors (Lipinski definition) is 0. The highest BCUT2D eigenvalue weighted by Crippen LogP contribution is 2.23. The van der Waals surface area contributed by atoms with E-state index in [4.69, 9.17) is 9.26 Å². The molecule has 6 nitrogen and oxygen atoms in total. The van der Waals surface area contributed by atoms with Gasteiger partial charge in [-0.05, 0) is 13.8 Å². The molecule has 0 amide bonds. The SMILES string of the molecule is CCOC(C)c1noc(CSc2nncs2)n1. The smallest absolute Gasteiger partial charge is 0.237 e. The van der Waals surface area contributed by atoms with Gasteiger partial charge in [0, 0.05) is 6.61 Å². The van der Waals surface area contributed by atoms with Gasteiger partial charge in [0.05, 0.1) is 5.75 Å². The van der Waals surface area contributed by atoms with E-state index in [1.807, 2.05) is 13.8 Å². The second-order valence-corrected chi connectivity index (χ2v) is 5.19. The van der Waals surface area contributed by atoms with Crippen LogP contribution in [0.3, 0.4) is 0 Å². The molecule has 92 valence electrons. The van der Waals surface area contributed by atoms with Crippen LogP contribution in [0.5, 0.6) is 0 Å². The maximum atomic E-state index is 5.38. The largest absolute Gasteiger partial charge is 0.371 e. The Morgan fingerprint density at radius 2 is 2.47 bits per heavy atom. The average Bonchev–Trinajstić information content (AvgIpc) is 2.98. The minimum absolute atomic E-state index is 0.135. The van der Waals surface area contributed by atoms with Crippen LogP contribution in [-0.4, -0.2) is 26.9 Å². The van der Waals surface area contributed by atoms with Crippen molar-refractivity contribution in [1.82, 2.24) is 20.3 Å². The summed E-state index contributed by atoms with van der Waals surface area (Å²) >= 11 is 3.02. The molecule has 1 atom stereocenters. The van der Waals surface area contributed by atoms with E-state index in [2.05, 4.69) is 20.3 Å². The van der Waals surface area contributed by atoms with Crippen LogP contribution in [0, 0.1) is 0 Å². The summed E-state index contributed by atoms with van der Waals surface area (Å²) in [6.45, 7) is 4.46. The standard InChI is InChI=1S/C9H12N4O2S2/c1-3-14-6(2)8-11-7(15-13-8)4-16-9-12-10-5-17-9/h5-6H,3-4H2,1-2H3. The van der Waals surface area contributed by atoms with Crippen LogP contribution in [0.2, 0.25) is 0 Å². The summed E-state index contributed by atoms with van der Waals surface area (Å²) in [5.74, 6) is 1.76. The van der Waals surface area contributed by atoms with Gasteiger partial charge in [-0.2, -0.15) is 4.98 Å². The van der Waals surface area contributed by atoms with E-state index in [9.17, 15) is 0 Å². The molecule has 0 aliphatic carbocycles. The second kappa shape index (κ2) is 6.08. The van der Waals surface area contributed by atoms with Crippen molar-refractivity contribution < 1.29 is 9.26 Å². The molecular weight excluding hydrogens is 260 g/mol. The van der Waals surface area contributed by atoms with Crippen LogP contribution in [0.1, 0.15) is 31.7 Å². The average molecular weight is 272 g/mol. The molecule has 0 spiro atoms. The van der Waals surface area contributed by atoms with Crippen molar-refractivity contribution in [3.8, 4) is 0 Å². The highest BCUT2D eigenvalue weighted by atomic mass is 32.2. The molecular formula is C9H12N4O2S2. The van der Waals surface area contributed by atoms with Crippen LogP contribution in [0.25, 0.3) is 0 Å². The lowest BCUT2D eigenvalue weighted by Crippen LogP contribution is -2.01. The van der Waals surface area contributed by atoms with Gasteiger partial charge in [-0.1, -0.05) is 28.3 Å². The fraction of sp³-hybridized carbons (Fsp3) is 0.556. The molecule has 0 N–H and O–H groups in total. The third kappa shape index (κ3) is 3.48. The van der Waals surface area contributed by atoms with Crippen molar-refractivity contribution in [3.05, 3.63) is 17.2 Å². The minimum Gasteiger partial charge on any atom is -0.371 e. The molecule has 0 saturated carbocycles. The van der Waals surface area contributed by atoms with Gasteiger partial charge >= 0.3 is 0 Å². The summed E-state index contributed by atoms with van der Waals surface area (Å²) in [6.07, 6.45) is -0.135. The number of hydrogen-bond acceptors (Lipinski definition) is 8. The third-order valence-electron chi connectivity index (χ3n) is 1.92. The summed E-state index contributed by atoms with van der Waals surface area (Å²) < 4.78 is 11.4. The van der Waals surface area contributed by atoms with Gasteiger partial charge in [-0.15, -0.1) is 10.2 Å². The van der Waals surface area contributed by atoms with Crippen molar-refractivity contribution in [1.29, 1.82) is 0 Å². The van der Waals surface area contributed by atoms with Crippen molar-refractivity contribution in [2.75, 3.05) is 6.61 Å². The Hall–Kier alpha value is -0.990. The number of nitrogens with zero attached hydrogens (tertiary/aromatic N) is 4. The maximum Gasteiger partial charge on any atom is 0.237 e. The third-order valence-corrected chi connectivity index (χ3v) is 3.77. The lowest BCUT2D eigenvalue weighted by molar-refractivity contribution is 0.0683. The van der Waals surface area contributed by atoms with Crippen LogP contribution >= 0.6 is 23.1 Å². The molecule has 17 heavy (non-hydrogen) atoms. The molecule has 0 fully saturated rings. The first-order valence-corrected chi connectivity index (χ1v) is 6.99. The van der Waals surface area contributed by atoms with E-state index in [0.717, 1.165) is 4.34 Å². The Balaban J connectivity index is 1.89. The van der Waals surface area contributed by atoms with Gasteiger partial charge in [0.15, 0.2) is 10.2 Å². The summed E-state index contributed by atoms with van der Waals surface area (Å²) in [5, 5.41) is 11.6. The first kappa shape index (κ1) is 12.5. The van der Waals surface area contributed by atoms with E-state index < -0.39 is 0 Å². The van der Waals surface area contributed by atoms with E-state index in [1.54, 1.807) is 5.51 Å². The Morgan fingerprint density at radius 1 is 1.59 bits per heavy atom. The molecule has 2 heterocycles. The molecule has 0 aromatic carbocycles. The first-order chi connectivity index (χ1) is 8.29. The van der Waals surface area contributed by atoms with E-state index >= 15 is 0 Å². The summed E-state index contributed by atoms with van der Waals surface area (Å²) in [7, 11) is 0. The molecule has 0 aliphatic rings. The Kier molecular flexibility index (Phi) is 4.46. The Labute approximate surface area is 107 Å². The lowest BCUT2D eigenvalue weighted by atomic mass is 10.4. The van der Waals surface area contributed by atoms with Crippen molar-refractivity contribution in [3.63, 3.8) is 0 Å². The second-order valence-electron chi connectivity index (χ2n) is 3.14. The first-order valence-electron chi connectivity index (χ1n) is 5.12. The van der Waals surface area contributed by atoms with Crippen molar-refractivity contribution in [2.24, 2.45) is 0 Å². The molecule has 0 bridgehead atoms. The van der Waals surface area contributed by atoms with E-state index in [-0.39, 0.29) is 6.10 Å². The number of ether oxygens (including phenoxy) is 1. The normalized spacial score (nSPS) is 12.8. The molecule has 8 heteroatoms. The maximum absolute atomic E-state index is 5.38. The van der Waals surface area contributed by atoms with Crippen LogP contribution < -0.4 is 0 Å².